The van der Waals surface area contributed by atoms with Crippen LogP contribution < -0.4 is 10.1 Å². The van der Waals surface area contributed by atoms with Gasteiger partial charge in [0, 0.05) is 18.4 Å². The highest BCUT2D eigenvalue weighted by Crippen LogP contribution is 2.29. The quantitative estimate of drug-likeness (QED) is 0.656. The Morgan fingerprint density at radius 1 is 1.00 bits per heavy atom. The van der Waals surface area contributed by atoms with Gasteiger partial charge < -0.3 is 4.90 Å². The number of hydrogen-bond acceptors (Lipinski definition) is 1. The van der Waals surface area contributed by atoms with E-state index in [-0.39, 0.29) is 8.80 Å². The van der Waals surface area contributed by atoms with E-state index in [1.165, 1.54) is 53.9 Å². The van der Waals surface area contributed by atoms with Crippen molar-refractivity contribution in [3.63, 3.8) is 0 Å². The second-order valence-electron chi connectivity index (χ2n) is 7.61. The standard InChI is InChI=1S/C22H30NSi/c1-17(2)15-19-11-12-21(22(16-19)24-13-7-8-14-24)23(4)20-10-6-5-9-18(20)3/h5-6,9-12,16-17H,7-8,13-15H2,1-4H3. The number of benzene rings is 2. The zero-order chi connectivity index (χ0) is 17.1. The minimum atomic E-state index is -0.383. The summed E-state index contributed by atoms with van der Waals surface area (Å²) in [6.45, 7) is 6.84. The summed E-state index contributed by atoms with van der Waals surface area (Å²) in [5.74, 6) is 0.721. The van der Waals surface area contributed by atoms with E-state index >= 15 is 0 Å². The predicted octanol–water partition coefficient (Wildman–Crippen LogP) is 5.46. The molecule has 0 bridgehead atoms. The van der Waals surface area contributed by atoms with Crippen LogP contribution in [0.1, 0.15) is 37.8 Å². The van der Waals surface area contributed by atoms with E-state index in [4.69, 9.17) is 0 Å². The maximum atomic E-state index is 2.55. The van der Waals surface area contributed by atoms with E-state index in [1.807, 2.05) is 0 Å². The van der Waals surface area contributed by atoms with Crippen molar-refractivity contribution in [2.75, 3.05) is 11.9 Å². The largest absolute Gasteiger partial charge is 0.345 e. The van der Waals surface area contributed by atoms with Crippen LogP contribution in [-0.4, -0.2) is 15.8 Å². The van der Waals surface area contributed by atoms with Gasteiger partial charge in [0.1, 0.15) is 0 Å². The fraction of sp³-hybridized carbons (Fsp3) is 0.455. The lowest BCUT2D eigenvalue weighted by Crippen LogP contribution is -2.32. The third-order valence-electron chi connectivity index (χ3n) is 5.13. The van der Waals surface area contributed by atoms with Crippen LogP contribution >= 0.6 is 0 Å². The highest BCUT2D eigenvalue weighted by molar-refractivity contribution is 6.75. The summed E-state index contributed by atoms with van der Waals surface area (Å²) >= 11 is 0. The smallest absolute Gasteiger partial charge is 0.0884 e. The van der Waals surface area contributed by atoms with Crippen molar-refractivity contribution in [2.45, 2.75) is 52.1 Å². The Kier molecular flexibility index (Phi) is 5.45. The molecule has 0 atom stereocenters. The van der Waals surface area contributed by atoms with E-state index in [0.717, 1.165) is 5.92 Å². The molecule has 0 amide bonds. The molecule has 1 radical (unpaired) electrons. The molecule has 1 aliphatic heterocycles. The zero-order valence-electron chi connectivity index (χ0n) is 15.6. The molecule has 1 saturated heterocycles. The van der Waals surface area contributed by atoms with Gasteiger partial charge in [-0.15, -0.1) is 0 Å². The average molecular weight is 337 g/mol. The van der Waals surface area contributed by atoms with Crippen LogP contribution in [0.3, 0.4) is 0 Å². The van der Waals surface area contributed by atoms with Gasteiger partial charge in [-0.3, -0.25) is 0 Å². The lowest BCUT2D eigenvalue weighted by Gasteiger charge is -2.27. The maximum absolute atomic E-state index is 2.55. The molecule has 1 heterocycles. The van der Waals surface area contributed by atoms with Gasteiger partial charge in [-0.2, -0.15) is 0 Å². The first kappa shape index (κ1) is 17.3. The van der Waals surface area contributed by atoms with E-state index < -0.39 is 0 Å². The second-order valence-corrected chi connectivity index (χ2v) is 10.4. The summed E-state index contributed by atoms with van der Waals surface area (Å²) in [4.78, 5) is 2.42. The molecule has 1 fully saturated rings. The molecule has 0 aromatic heterocycles. The normalized spacial score (nSPS) is 15.2. The van der Waals surface area contributed by atoms with E-state index in [0.29, 0.717) is 0 Å². The number of aryl methyl sites for hydroxylation is 1. The Labute approximate surface area is 149 Å². The molecular formula is C22H30NSi. The molecule has 0 N–H and O–H groups in total. The zero-order valence-corrected chi connectivity index (χ0v) is 16.6. The Bertz CT molecular complexity index is 686. The average Bonchev–Trinajstić information content (AvgIpc) is 3.08. The van der Waals surface area contributed by atoms with Crippen molar-refractivity contribution in [2.24, 2.45) is 5.92 Å². The van der Waals surface area contributed by atoms with Crippen LogP contribution in [0.5, 0.6) is 0 Å². The van der Waals surface area contributed by atoms with E-state index in [2.05, 4.69) is 75.2 Å². The molecule has 2 heteroatoms. The monoisotopic (exact) mass is 336 g/mol. The first-order valence-electron chi connectivity index (χ1n) is 9.33. The van der Waals surface area contributed by atoms with Crippen LogP contribution in [0.4, 0.5) is 11.4 Å². The number of anilines is 2. The van der Waals surface area contributed by atoms with Gasteiger partial charge >= 0.3 is 0 Å². The Morgan fingerprint density at radius 3 is 2.38 bits per heavy atom. The van der Waals surface area contributed by atoms with Crippen LogP contribution in [0.2, 0.25) is 12.1 Å². The summed E-state index contributed by atoms with van der Waals surface area (Å²) < 4.78 is 0. The molecule has 2 aromatic rings. The van der Waals surface area contributed by atoms with Crippen molar-refractivity contribution < 1.29 is 0 Å². The second kappa shape index (κ2) is 7.56. The van der Waals surface area contributed by atoms with E-state index in [1.54, 1.807) is 5.19 Å². The Morgan fingerprint density at radius 2 is 1.71 bits per heavy atom. The Balaban J connectivity index is 2.00. The summed E-state index contributed by atoms with van der Waals surface area (Å²) in [6, 6.07) is 18.9. The number of hydrogen-bond donors (Lipinski definition) is 0. The SMILES string of the molecule is Cc1ccccc1N(C)c1ccc(CC(C)C)cc1[Si]1CCCC1. The van der Waals surface area contributed by atoms with Crippen molar-refractivity contribution in [1.29, 1.82) is 0 Å². The molecule has 1 aliphatic rings. The van der Waals surface area contributed by atoms with Gasteiger partial charge in [-0.1, -0.05) is 69.1 Å². The summed E-state index contributed by atoms with van der Waals surface area (Å²) in [7, 11) is 1.85. The molecule has 127 valence electrons. The number of rotatable bonds is 5. The third kappa shape index (κ3) is 3.75. The molecule has 0 spiro atoms. The lowest BCUT2D eigenvalue weighted by atomic mass is 10.0. The van der Waals surface area contributed by atoms with Gasteiger partial charge in [-0.25, -0.2) is 0 Å². The van der Waals surface area contributed by atoms with Gasteiger partial charge in [0.05, 0.1) is 8.80 Å². The van der Waals surface area contributed by atoms with Crippen molar-refractivity contribution in [3.8, 4) is 0 Å². The third-order valence-corrected chi connectivity index (χ3v) is 8.21. The number of para-hydroxylation sites is 1. The highest BCUT2D eigenvalue weighted by Gasteiger charge is 2.24. The van der Waals surface area contributed by atoms with Crippen LogP contribution in [0.15, 0.2) is 42.5 Å². The first-order chi connectivity index (χ1) is 11.6. The van der Waals surface area contributed by atoms with Crippen molar-refractivity contribution in [3.05, 3.63) is 53.6 Å². The molecule has 0 saturated carbocycles. The topological polar surface area (TPSA) is 3.24 Å². The van der Waals surface area contributed by atoms with Crippen LogP contribution in [0, 0.1) is 12.8 Å². The summed E-state index contributed by atoms with van der Waals surface area (Å²) in [5.41, 5.74) is 5.63. The molecule has 0 unspecified atom stereocenters. The van der Waals surface area contributed by atoms with Gasteiger partial charge in [0.25, 0.3) is 0 Å². The number of nitrogens with zero attached hydrogens (tertiary/aromatic N) is 1. The summed E-state index contributed by atoms with van der Waals surface area (Å²) in [5, 5.41) is 1.67. The first-order valence-corrected chi connectivity index (χ1v) is 11.2. The minimum absolute atomic E-state index is 0.383. The molecule has 2 aromatic carbocycles. The molecule has 1 nitrogen and oxygen atoms in total. The molecule has 3 rings (SSSR count). The molecular weight excluding hydrogens is 306 g/mol. The maximum Gasteiger partial charge on any atom is 0.0884 e. The molecule has 24 heavy (non-hydrogen) atoms. The molecule has 0 aliphatic carbocycles. The fourth-order valence-electron chi connectivity index (χ4n) is 3.90. The van der Waals surface area contributed by atoms with E-state index in [9.17, 15) is 0 Å². The van der Waals surface area contributed by atoms with Crippen molar-refractivity contribution >= 4 is 25.4 Å². The van der Waals surface area contributed by atoms with Gasteiger partial charge in [-0.05, 0) is 47.7 Å². The predicted molar refractivity (Wildman–Crippen MR) is 108 cm³/mol. The van der Waals surface area contributed by atoms with Gasteiger partial charge in [0.2, 0.25) is 0 Å². The van der Waals surface area contributed by atoms with Gasteiger partial charge in [0.15, 0.2) is 0 Å². The lowest BCUT2D eigenvalue weighted by molar-refractivity contribution is 0.647. The summed E-state index contributed by atoms with van der Waals surface area (Å²) in [6.07, 6.45) is 4.04. The van der Waals surface area contributed by atoms with Crippen LogP contribution in [0.25, 0.3) is 0 Å². The fourth-order valence-corrected chi connectivity index (χ4v) is 7.04. The van der Waals surface area contributed by atoms with Crippen molar-refractivity contribution in [1.82, 2.24) is 0 Å². The minimum Gasteiger partial charge on any atom is -0.345 e. The Hall–Kier alpha value is -1.54. The van der Waals surface area contributed by atoms with Crippen LogP contribution in [-0.2, 0) is 6.42 Å². The highest BCUT2D eigenvalue weighted by atomic mass is 28.3.